The summed E-state index contributed by atoms with van der Waals surface area (Å²) < 4.78 is 24.9. The van der Waals surface area contributed by atoms with Gasteiger partial charge in [0.25, 0.3) is 5.69 Å². The molecule has 1 N–H and O–H groups in total. The Bertz CT molecular complexity index is 900. The van der Waals surface area contributed by atoms with Crippen LogP contribution in [0.15, 0.2) is 48.5 Å². The van der Waals surface area contributed by atoms with Gasteiger partial charge in [-0.05, 0) is 30.3 Å². The van der Waals surface area contributed by atoms with Crippen LogP contribution in [0, 0.1) is 10.1 Å². The third-order valence-electron chi connectivity index (χ3n) is 3.14. The van der Waals surface area contributed by atoms with Crippen molar-refractivity contribution in [3.8, 4) is 0 Å². The number of anilines is 2. The molecule has 0 saturated carbocycles. The number of nitro benzene ring substituents is 1. The number of nitrogens with zero attached hydrogens (tertiary/aromatic N) is 2. The molecular weight excluding hydrogens is 370 g/mol. The van der Waals surface area contributed by atoms with Gasteiger partial charge in [0.15, 0.2) is 0 Å². The van der Waals surface area contributed by atoms with Crippen LogP contribution in [-0.4, -0.2) is 32.0 Å². The highest BCUT2D eigenvalue weighted by atomic mass is 35.5. The van der Waals surface area contributed by atoms with Crippen molar-refractivity contribution in [2.24, 2.45) is 0 Å². The van der Waals surface area contributed by atoms with Crippen molar-refractivity contribution in [1.82, 2.24) is 0 Å². The summed E-state index contributed by atoms with van der Waals surface area (Å²) in [6.45, 7) is -0.483. The Balaban J connectivity index is 2.19. The number of halogens is 1. The fraction of sp³-hybridized carbons (Fsp3) is 0.133. The van der Waals surface area contributed by atoms with Crippen LogP contribution in [0.5, 0.6) is 0 Å². The van der Waals surface area contributed by atoms with Crippen LogP contribution in [0.1, 0.15) is 0 Å². The molecule has 0 aliphatic rings. The number of nitrogens with one attached hydrogen (secondary N) is 1. The van der Waals surface area contributed by atoms with E-state index in [1.54, 1.807) is 0 Å². The Hall–Kier alpha value is -2.65. The number of nitro groups is 1. The van der Waals surface area contributed by atoms with Crippen LogP contribution in [0.25, 0.3) is 0 Å². The lowest BCUT2D eigenvalue weighted by Crippen LogP contribution is -2.37. The first-order valence-electron chi connectivity index (χ1n) is 6.94. The first-order valence-corrected chi connectivity index (χ1v) is 9.17. The zero-order valence-corrected chi connectivity index (χ0v) is 14.6. The lowest BCUT2D eigenvalue weighted by molar-refractivity contribution is -0.384. The molecule has 2 rings (SSSR count). The van der Waals surface area contributed by atoms with E-state index in [2.05, 4.69) is 5.32 Å². The molecule has 0 aromatic heterocycles. The van der Waals surface area contributed by atoms with E-state index in [4.69, 9.17) is 11.6 Å². The van der Waals surface area contributed by atoms with Crippen molar-refractivity contribution in [3.05, 3.63) is 63.7 Å². The number of non-ortho nitro benzene ring substituents is 1. The van der Waals surface area contributed by atoms with E-state index >= 15 is 0 Å². The molecule has 0 spiro atoms. The maximum atomic E-state index is 12.2. The zero-order valence-electron chi connectivity index (χ0n) is 13.0. The van der Waals surface area contributed by atoms with Gasteiger partial charge in [-0.3, -0.25) is 19.2 Å². The van der Waals surface area contributed by atoms with E-state index in [1.165, 1.54) is 48.5 Å². The molecule has 0 bridgehead atoms. The molecule has 0 radical (unpaired) electrons. The summed E-state index contributed by atoms with van der Waals surface area (Å²) in [5.41, 5.74) is 0.292. The van der Waals surface area contributed by atoms with Gasteiger partial charge in [0.1, 0.15) is 6.54 Å². The van der Waals surface area contributed by atoms with Crippen molar-refractivity contribution >= 4 is 44.6 Å². The van der Waals surface area contributed by atoms with Gasteiger partial charge < -0.3 is 5.32 Å². The largest absolute Gasteiger partial charge is 0.324 e. The number of benzene rings is 2. The highest BCUT2D eigenvalue weighted by Crippen LogP contribution is 2.21. The van der Waals surface area contributed by atoms with Crippen LogP contribution < -0.4 is 9.62 Å². The molecule has 0 saturated heterocycles. The SMILES string of the molecule is CS(=O)(=O)N(CC(=O)Nc1cccc([N+](=O)[O-])c1)c1ccc(Cl)cc1. The first kappa shape index (κ1) is 18.7. The van der Waals surface area contributed by atoms with Crippen LogP contribution in [-0.2, 0) is 14.8 Å². The van der Waals surface area contributed by atoms with E-state index in [1.807, 2.05) is 0 Å². The molecule has 0 aliphatic heterocycles. The normalized spacial score (nSPS) is 11.0. The van der Waals surface area contributed by atoms with E-state index in [-0.39, 0.29) is 17.1 Å². The summed E-state index contributed by atoms with van der Waals surface area (Å²) in [6, 6.07) is 11.3. The topological polar surface area (TPSA) is 110 Å². The summed E-state index contributed by atoms with van der Waals surface area (Å²) in [6.07, 6.45) is 0.974. The molecular formula is C15H14ClN3O5S. The monoisotopic (exact) mass is 383 g/mol. The van der Waals surface area contributed by atoms with Crippen LogP contribution in [0.2, 0.25) is 5.02 Å². The molecule has 0 heterocycles. The molecule has 2 aromatic rings. The van der Waals surface area contributed by atoms with Crippen molar-refractivity contribution in [2.75, 3.05) is 22.4 Å². The third-order valence-corrected chi connectivity index (χ3v) is 4.54. The van der Waals surface area contributed by atoms with Crippen LogP contribution >= 0.6 is 11.6 Å². The van der Waals surface area contributed by atoms with Gasteiger partial charge in [-0.25, -0.2) is 8.42 Å². The van der Waals surface area contributed by atoms with Gasteiger partial charge in [-0.15, -0.1) is 0 Å². The summed E-state index contributed by atoms with van der Waals surface area (Å²) in [7, 11) is -3.72. The second-order valence-corrected chi connectivity index (χ2v) is 7.44. The maximum Gasteiger partial charge on any atom is 0.271 e. The Morgan fingerprint density at radius 3 is 2.44 bits per heavy atom. The molecule has 10 heteroatoms. The fourth-order valence-corrected chi connectivity index (χ4v) is 3.02. The lowest BCUT2D eigenvalue weighted by Gasteiger charge is -2.21. The Kier molecular flexibility index (Phi) is 5.60. The number of hydrogen-bond acceptors (Lipinski definition) is 5. The van der Waals surface area contributed by atoms with E-state index in [9.17, 15) is 23.3 Å². The summed E-state index contributed by atoms with van der Waals surface area (Å²) in [5.74, 6) is -0.638. The van der Waals surface area contributed by atoms with Gasteiger partial charge in [-0.1, -0.05) is 17.7 Å². The smallest absolute Gasteiger partial charge is 0.271 e. The van der Waals surface area contributed by atoms with Crippen LogP contribution in [0.4, 0.5) is 17.1 Å². The molecule has 2 aromatic carbocycles. The number of carbonyl (C=O) groups is 1. The van der Waals surface area contributed by atoms with E-state index in [0.29, 0.717) is 5.02 Å². The average molecular weight is 384 g/mol. The highest BCUT2D eigenvalue weighted by Gasteiger charge is 2.21. The molecule has 132 valence electrons. The van der Waals surface area contributed by atoms with Crippen LogP contribution in [0.3, 0.4) is 0 Å². The molecule has 1 amide bonds. The van der Waals surface area contributed by atoms with Gasteiger partial charge in [0.2, 0.25) is 15.9 Å². The maximum absolute atomic E-state index is 12.2. The standard InChI is InChI=1S/C15H14ClN3O5S/c1-25(23,24)18(13-7-5-11(16)6-8-13)10-15(20)17-12-3-2-4-14(9-12)19(21)22/h2-9H,10H2,1H3,(H,17,20). The second-order valence-electron chi connectivity index (χ2n) is 5.10. The quantitative estimate of drug-likeness (QED) is 0.609. The first-order chi connectivity index (χ1) is 11.7. The minimum absolute atomic E-state index is 0.185. The Labute approximate surface area is 149 Å². The summed E-state index contributed by atoms with van der Waals surface area (Å²) >= 11 is 5.78. The average Bonchev–Trinajstić information content (AvgIpc) is 2.53. The summed E-state index contributed by atoms with van der Waals surface area (Å²) in [4.78, 5) is 22.3. The third kappa shape index (κ3) is 5.16. The van der Waals surface area contributed by atoms with Crippen molar-refractivity contribution in [2.45, 2.75) is 0 Å². The van der Waals surface area contributed by atoms with Gasteiger partial charge in [-0.2, -0.15) is 0 Å². The highest BCUT2D eigenvalue weighted by molar-refractivity contribution is 7.92. The van der Waals surface area contributed by atoms with Gasteiger partial charge >= 0.3 is 0 Å². The number of amides is 1. The van der Waals surface area contributed by atoms with Gasteiger partial charge in [0.05, 0.1) is 16.9 Å². The predicted octanol–water partition coefficient (Wildman–Crippen LogP) is 2.65. The predicted molar refractivity (Wildman–Crippen MR) is 95.4 cm³/mol. The number of carbonyl (C=O) groups excluding carboxylic acids is 1. The minimum Gasteiger partial charge on any atom is -0.324 e. The minimum atomic E-state index is -3.72. The zero-order chi connectivity index (χ0) is 18.6. The molecule has 0 unspecified atom stereocenters. The van der Waals surface area contributed by atoms with E-state index < -0.39 is 27.4 Å². The Morgan fingerprint density at radius 1 is 1.24 bits per heavy atom. The van der Waals surface area contributed by atoms with Crippen molar-refractivity contribution in [3.63, 3.8) is 0 Å². The second kappa shape index (κ2) is 7.49. The molecule has 0 atom stereocenters. The van der Waals surface area contributed by atoms with E-state index in [0.717, 1.165) is 10.6 Å². The molecule has 0 aliphatic carbocycles. The fourth-order valence-electron chi connectivity index (χ4n) is 2.04. The van der Waals surface area contributed by atoms with Crippen molar-refractivity contribution in [1.29, 1.82) is 0 Å². The summed E-state index contributed by atoms with van der Waals surface area (Å²) in [5, 5.41) is 13.6. The molecule has 0 fully saturated rings. The van der Waals surface area contributed by atoms with Crippen molar-refractivity contribution < 1.29 is 18.1 Å². The molecule has 25 heavy (non-hydrogen) atoms. The number of hydrogen-bond donors (Lipinski definition) is 1. The Morgan fingerprint density at radius 2 is 1.88 bits per heavy atom. The number of sulfonamides is 1. The lowest BCUT2D eigenvalue weighted by atomic mass is 10.3. The van der Waals surface area contributed by atoms with Gasteiger partial charge in [0, 0.05) is 22.8 Å². The molecule has 8 nitrogen and oxygen atoms in total. The number of rotatable bonds is 6.